The standard InChI is InChI=1S/C8H9Br2NO/c9-6-2-1-5(3-7(6)10)8(11)4-12/h1-3,8,12H,4,11H2/t8-/m1/s1. The van der Waals surface area contributed by atoms with Gasteiger partial charge in [0.2, 0.25) is 0 Å². The van der Waals surface area contributed by atoms with E-state index in [9.17, 15) is 0 Å². The van der Waals surface area contributed by atoms with Crippen LogP contribution >= 0.6 is 31.9 Å². The topological polar surface area (TPSA) is 46.2 Å². The fourth-order valence-corrected chi connectivity index (χ4v) is 1.49. The molecule has 0 saturated carbocycles. The summed E-state index contributed by atoms with van der Waals surface area (Å²) in [5.41, 5.74) is 6.55. The van der Waals surface area contributed by atoms with E-state index in [-0.39, 0.29) is 12.6 Å². The Morgan fingerprint density at radius 1 is 1.33 bits per heavy atom. The third kappa shape index (κ3) is 2.29. The molecule has 1 aromatic carbocycles. The molecule has 12 heavy (non-hydrogen) atoms. The first-order chi connectivity index (χ1) is 5.65. The minimum atomic E-state index is -0.297. The van der Waals surface area contributed by atoms with Crippen molar-refractivity contribution in [3.8, 4) is 0 Å². The first kappa shape index (κ1) is 10.2. The average molecular weight is 295 g/mol. The van der Waals surface area contributed by atoms with Crippen molar-refractivity contribution in [1.82, 2.24) is 0 Å². The van der Waals surface area contributed by atoms with Gasteiger partial charge in [-0.2, -0.15) is 0 Å². The van der Waals surface area contributed by atoms with Crippen LogP contribution < -0.4 is 5.73 Å². The van der Waals surface area contributed by atoms with Crippen LogP contribution in [0, 0.1) is 0 Å². The smallest absolute Gasteiger partial charge is 0.0624 e. The van der Waals surface area contributed by atoms with Crippen molar-refractivity contribution in [2.24, 2.45) is 5.73 Å². The van der Waals surface area contributed by atoms with E-state index in [4.69, 9.17) is 10.8 Å². The summed E-state index contributed by atoms with van der Waals surface area (Å²) < 4.78 is 1.93. The quantitative estimate of drug-likeness (QED) is 0.878. The van der Waals surface area contributed by atoms with E-state index in [1.807, 2.05) is 18.2 Å². The highest BCUT2D eigenvalue weighted by atomic mass is 79.9. The summed E-state index contributed by atoms with van der Waals surface area (Å²) in [5, 5.41) is 8.80. The Labute approximate surface area is 88.0 Å². The number of rotatable bonds is 2. The van der Waals surface area contributed by atoms with Crippen molar-refractivity contribution >= 4 is 31.9 Å². The number of hydrogen-bond acceptors (Lipinski definition) is 2. The van der Waals surface area contributed by atoms with Gasteiger partial charge in [-0.05, 0) is 49.6 Å². The lowest BCUT2D eigenvalue weighted by molar-refractivity contribution is 0.268. The lowest BCUT2D eigenvalue weighted by Crippen LogP contribution is -2.14. The summed E-state index contributed by atoms with van der Waals surface area (Å²) in [5.74, 6) is 0. The normalized spacial score (nSPS) is 13.0. The van der Waals surface area contributed by atoms with Gasteiger partial charge in [0.25, 0.3) is 0 Å². The van der Waals surface area contributed by atoms with Gasteiger partial charge >= 0.3 is 0 Å². The van der Waals surface area contributed by atoms with Crippen LogP contribution in [-0.4, -0.2) is 11.7 Å². The fourth-order valence-electron chi connectivity index (χ4n) is 0.848. The Bertz CT molecular complexity index is 278. The molecule has 0 radical (unpaired) electrons. The molecule has 0 aromatic heterocycles. The summed E-state index contributed by atoms with van der Waals surface area (Å²) in [6.45, 7) is -0.0337. The van der Waals surface area contributed by atoms with E-state index in [1.54, 1.807) is 0 Å². The molecule has 0 unspecified atom stereocenters. The molecule has 3 N–H and O–H groups in total. The van der Waals surface area contributed by atoms with Crippen LogP contribution in [0.4, 0.5) is 0 Å². The van der Waals surface area contributed by atoms with Gasteiger partial charge in [0, 0.05) is 8.95 Å². The van der Waals surface area contributed by atoms with Crippen LogP contribution in [-0.2, 0) is 0 Å². The molecular formula is C8H9Br2NO. The second-order valence-corrected chi connectivity index (χ2v) is 4.17. The van der Waals surface area contributed by atoms with Crippen LogP contribution in [0.2, 0.25) is 0 Å². The van der Waals surface area contributed by atoms with E-state index in [1.165, 1.54) is 0 Å². The summed E-state index contributed by atoms with van der Waals surface area (Å²) >= 11 is 6.71. The van der Waals surface area contributed by atoms with Gasteiger partial charge in [-0.15, -0.1) is 0 Å². The molecule has 0 aliphatic rings. The van der Waals surface area contributed by atoms with Crippen molar-refractivity contribution in [1.29, 1.82) is 0 Å². The van der Waals surface area contributed by atoms with Crippen LogP contribution in [0.15, 0.2) is 27.1 Å². The van der Waals surface area contributed by atoms with Gasteiger partial charge in [0.05, 0.1) is 12.6 Å². The maximum absolute atomic E-state index is 8.80. The molecule has 1 aromatic rings. The Hall–Kier alpha value is 0.1000. The Kier molecular flexibility index (Phi) is 3.71. The third-order valence-electron chi connectivity index (χ3n) is 1.57. The minimum absolute atomic E-state index is 0.0337. The summed E-state index contributed by atoms with van der Waals surface area (Å²) in [6, 6.07) is 5.38. The second kappa shape index (κ2) is 4.37. The molecule has 0 aliphatic carbocycles. The third-order valence-corrected chi connectivity index (χ3v) is 3.45. The minimum Gasteiger partial charge on any atom is -0.394 e. The Balaban J connectivity index is 2.96. The van der Waals surface area contributed by atoms with Gasteiger partial charge in [0.15, 0.2) is 0 Å². The molecule has 0 amide bonds. The number of halogens is 2. The van der Waals surface area contributed by atoms with Gasteiger partial charge in [-0.25, -0.2) is 0 Å². The van der Waals surface area contributed by atoms with Crippen molar-refractivity contribution in [3.63, 3.8) is 0 Å². The summed E-state index contributed by atoms with van der Waals surface area (Å²) in [4.78, 5) is 0. The highest BCUT2D eigenvalue weighted by Gasteiger charge is 2.05. The zero-order valence-electron chi connectivity index (χ0n) is 6.30. The first-order valence-electron chi connectivity index (χ1n) is 3.46. The first-order valence-corrected chi connectivity index (χ1v) is 5.05. The van der Waals surface area contributed by atoms with Crippen molar-refractivity contribution in [2.75, 3.05) is 6.61 Å². The zero-order chi connectivity index (χ0) is 9.14. The molecule has 0 spiro atoms. The van der Waals surface area contributed by atoms with Crippen LogP contribution in [0.3, 0.4) is 0 Å². The molecule has 66 valence electrons. The van der Waals surface area contributed by atoms with Gasteiger partial charge in [0.1, 0.15) is 0 Å². The predicted molar refractivity (Wildman–Crippen MR) is 55.9 cm³/mol. The summed E-state index contributed by atoms with van der Waals surface area (Å²) in [7, 11) is 0. The maximum Gasteiger partial charge on any atom is 0.0624 e. The zero-order valence-corrected chi connectivity index (χ0v) is 9.47. The van der Waals surface area contributed by atoms with E-state index in [0.29, 0.717) is 0 Å². The van der Waals surface area contributed by atoms with Crippen LogP contribution in [0.1, 0.15) is 11.6 Å². The maximum atomic E-state index is 8.80. The van der Waals surface area contributed by atoms with Gasteiger partial charge < -0.3 is 10.8 Å². The van der Waals surface area contributed by atoms with Crippen molar-refractivity contribution < 1.29 is 5.11 Å². The Morgan fingerprint density at radius 3 is 2.50 bits per heavy atom. The molecule has 0 saturated heterocycles. The van der Waals surface area contributed by atoms with E-state index in [2.05, 4.69) is 31.9 Å². The molecule has 1 rings (SSSR count). The molecule has 0 bridgehead atoms. The molecule has 1 atom stereocenters. The van der Waals surface area contributed by atoms with E-state index >= 15 is 0 Å². The number of benzene rings is 1. The summed E-state index contributed by atoms with van der Waals surface area (Å²) in [6.07, 6.45) is 0. The Morgan fingerprint density at radius 2 is 2.00 bits per heavy atom. The van der Waals surface area contributed by atoms with Gasteiger partial charge in [-0.3, -0.25) is 0 Å². The highest BCUT2D eigenvalue weighted by Crippen LogP contribution is 2.25. The SMILES string of the molecule is N[C@H](CO)c1ccc(Br)c(Br)c1. The number of nitrogens with two attached hydrogens (primary N) is 1. The monoisotopic (exact) mass is 293 g/mol. The van der Waals surface area contributed by atoms with Gasteiger partial charge in [-0.1, -0.05) is 6.07 Å². The fraction of sp³-hybridized carbons (Fsp3) is 0.250. The number of aliphatic hydroxyl groups excluding tert-OH is 1. The van der Waals surface area contributed by atoms with Crippen molar-refractivity contribution in [2.45, 2.75) is 6.04 Å². The van der Waals surface area contributed by atoms with Crippen LogP contribution in [0.5, 0.6) is 0 Å². The van der Waals surface area contributed by atoms with Crippen molar-refractivity contribution in [3.05, 3.63) is 32.7 Å². The molecule has 0 fully saturated rings. The van der Waals surface area contributed by atoms with E-state index < -0.39 is 0 Å². The number of aliphatic hydroxyl groups is 1. The lowest BCUT2D eigenvalue weighted by Gasteiger charge is -2.08. The molecule has 2 nitrogen and oxygen atoms in total. The van der Waals surface area contributed by atoms with E-state index in [0.717, 1.165) is 14.5 Å². The second-order valence-electron chi connectivity index (χ2n) is 2.46. The lowest BCUT2D eigenvalue weighted by atomic mass is 10.1. The van der Waals surface area contributed by atoms with Crippen LogP contribution in [0.25, 0.3) is 0 Å². The molecular weight excluding hydrogens is 286 g/mol. The molecule has 4 heteroatoms. The predicted octanol–water partition coefficient (Wildman–Crippen LogP) is 2.20. The molecule has 0 heterocycles. The highest BCUT2D eigenvalue weighted by molar-refractivity contribution is 9.13. The number of hydrogen-bond donors (Lipinski definition) is 2. The average Bonchev–Trinajstić information content (AvgIpc) is 2.08. The molecule has 0 aliphatic heterocycles. The largest absolute Gasteiger partial charge is 0.394 e.